The molecule has 0 aliphatic heterocycles. The Balaban J connectivity index is 1.24. The van der Waals surface area contributed by atoms with Crippen LogP contribution in [0.3, 0.4) is 0 Å². The highest BCUT2D eigenvalue weighted by Crippen LogP contribution is 2.42. The van der Waals surface area contributed by atoms with Crippen molar-refractivity contribution in [1.29, 1.82) is 0 Å². The Morgan fingerprint density at radius 2 is 1.29 bits per heavy atom. The summed E-state index contributed by atoms with van der Waals surface area (Å²) in [7, 11) is 0. The molecule has 4 heterocycles. The highest BCUT2D eigenvalue weighted by molar-refractivity contribution is 6.12. The van der Waals surface area contributed by atoms with Crippen LogP contribution in [0.15, 0.2) is 150 Å². The minimum atomic E-state index is -0.241. The van der Waals surface area contributed by atoms with Gasteiger partial charge in [-0.05, 0) is 86.0 Å². The van der Waals surface area contributed by atoms with Gasteiger partial charge in [0.25, 0.3) is 0 Å². The van der Waals surface area contributed by atoms with Gasteiger partial charge in [-0.3, -0.25) is 4.98 Å². The summed E-state index contributed by atoms with van der Waals surface area (Å²) in [5.41, 5.74) is 12.9. The van der Waals surface area contributed by atoms with Crippen molar-refractivity contribution in [1.82, 2.24) is 19.5 Å². The minimum absolute atomic E-state index is 0.241. The number of H-pyrrole nitrogens is 1. The molecule has 0 amide bonds. The number of hydrogen-bond donors (Lipinski definition) is 1. The Morgan fingerprint density at radius 1 is 0.588 bits per heavy atom. The van der Waals surface area contributed by atoms with Crippen LogP contribution in [0.5, 0.6) is 0 Å². The van der Waals surface area contributed by atoms with Crippen LogP contribution >= 0.6 is 0 Å². The molecule has 0 radical (unpaired) electrons. The lowest BCUT2D eigenvalue weighted by Crippen LogP contribution is -2.22. The molecule has 1 N–H and O–H groups in total. The molecule has 5 heteroatoms. The monoisotopic (exact) mass is 658 g/mol. The number of hydrogen-bond acceptors (Lipinski definition) is 3. The molecular formula is C46H34N4O. The van der Waals surface area contributed by atoms with E-state index < -0.39 is 0 Å². The van der Waals surface area contributed by atoms with Crippen LogP contribution < -0.4 is 0 Å². The molecule has 6 aromatic carbocycles. The van der Waals surface area contributed by atoms with E-state index in [9.17, 15) is 0 Å². The molecule has 5 nitrogen and oxygen atoms in total. The van der Waals surface area contributed by atoms with E-state index in [1.165, 1.54) is 10.8 Å². The average Bonchev–Trinajstić information content (AvgIpc) is 3.86. The minimum Gasteiger partial charge on any atom is -0.454 e. The smallest absolute Gasteiger partial charge is 0.161 e. The van der Waals surface area contributed by atoms with Crippen molar-refractivity contribution in [2.45, 2.75) is 26.3 Å². The van der Waals surface area contributed by atoms with Gasteiger partial charge in [0.2, 0.25) is 0 Å². The molecule has 51 heavy (non-hydrogen) atoms. The summed E-state index contributed by atoms with van der Waals surface area (Å²) >= 11 is 0. The first-order valence-electron chi connectivity index (χ1n) is 17.4. The van der Waals surface area contributed by atoms with Crippen LogP contribution in [0.2, 0.25) is 0 Å². The number of aromatic nitrogens is 4. The highest BCUT2D eigenvalue weighted by atomic mass is 16.3. The number of imidazole rings is 1. The zero-order valence-electron chi connectivity index (χ0n) is 28.6. The molecule has 4 aromatic heterocycles. The van der Waals surface area contributed by atoms with Gasteiger partial charge in [-0.25, -0.2) is 4.98 Å². The van der Waals surface area contributed by atoms with Gasteiger partial charge in [0.15, 0.2) is 5.58 Å². The third-order valence-corrected chi connectivity index (χ3v) is 10.1. The Hall–Kier alpha value is -6.46. The summed E-state index contributed by atoms with van der Waals surface area (Å²) in [6, 6.07) is 49.1. The molecular weight excluding hydrogens is 625 g/mol. The summed E-state index contributed by atoms with van der Waals surface area (Å²) in [4.78, 5) is 14.2. The molecule has 0 spiro atoms. The van der Waals surface area contributed by atoms with Gasteiger partial charge in [0.05, 0.1) is 16.6 Å². The third-order valence-electron chi connectivity index (χ3n) is 10.1. The van der Waals surface area contributed by atoms with E-state index in [-0.39, 0.29) is 5.54 Å². The van der Waals surface area contributed by atoms with E-state index in [4.69, 9.17) is 14.4 Å². The Kier molecular flexibility index (Phi) is 6.37. The SMILES string of the molecule is CC(C)(C)n1c(-c2cccc3c2[nH]c2ccccc23)nc2c(-c3cc(-c4ccccc4)cc(-c4nccc5c4oc4ccccc45)c3)cccc21. The lowest BCUT2D eigenvalue weighted by molar-refractivity contribution is 0.413. The van der Waals surface area contributed by atoms with Crippen LogP contribution in [-0.2, 0) is 5.54 Å². The van der Waals surface area contributed by atoms with Crippen LogP contribution in [0.1, 0.15) is 20.8 Å². The fourth-order valence-corrected chi connectivity index (χ4v) is 7.83. The van der Waals surface area contributed by atoms with Crippen molar-refractivity contribution in [3.8, 4) is 44.9 Å². The van der Waals surface area contributed by atoms with Gasteiger partial charge < -0.3 is 14.0 Å². The predicted octanol–water partition coefficient (Wildman–Crippen LogP) is 12.4. The van der Waals surface area contributed by atoms with E-state index in [1.54, 1.807) is 0 Å². The van der Waals surface area contributed by atoms with Crippen LogP contribution in [0.25, 0.3) is 99.7 Å². The Bertz CT molecular complexity index is 2960. The number of nitrogens with zero attached hydrogens (tertiary/aromatic N) is 3. The fourth-order valence-electron chi connectivity index (χ4n) is 7.83. The second kappa shape index (κ2) is 11.0. The number of benzene rings is 6. The normalized spacial score (nSPS) is 12.2. The molecule has 0 aliphatic rings. The standard InChI is InChI=1S/C46H34N4O/c1-46(2,3)50-39-21-12-17-32(43(39)49-45(50)37-19-11-18-35-33-15-7-9-20-38(33)48-42(35)37)30-25-29(28-13-5-4-6-14-28)26-31(27-30)41-44-36(23-24-47-41)34-16-8-10-22-40(34)51-44/h4-27,48H,1-3H3. The number of pyridine rings is 1. The maximum atomic E-state index is 6.48. The quantitative estimate of drug-likeness (QED) is 0.205. The zero-order valence-corrected chi connectivity index (χ0v) is 28.6. The van der Waals surface area contributed by atoms with Crippen molar-refractivity contribution in [2.75, 3.05) is 0 Å². The van der Waals surface area contributed by atoms with E-state index in [0.717, 1.165) is 88.9 Å². The number of furan rings is 1. The first-order chi connectivity index (χ1) is 24.9. The molecule has 0 bridgehead atoms. The summed E-state index contributed by atoms with van der Waals surface area (Å²) < 4.78 is 8.87. The molecule has 0 atom stereocenters. The number of aromatic amines is 1. The number of nitrogens with one attached hydrogen (secondary N) is 1. The first kappa shape index (κ1) is 29.5. The topological polar surface area (TPSA) is 59.6 Å². The van der Waals surface area contributed by atoms with Gasteiger partial charge in [-0.2, -0.15) is 0 Å². The van der Waals surface area contributed by atoms with Gasteiger partial charge in [-0.15, -0.1) is 0 Å². The molecule has 0 saturated heterocycles. The molecule has 244 valence electrons. The largest absolute Gasteiger partial charge is 0.454 e. The third kappa shape index (κ3) is 4.62. The average molecular weight is 659 g/mol. The van der Waals surface area contributed by atoms with E-state index >= 15 is 0 Å². The number of rotatable bonds is 4. The van der Waals surface area contributed by atoms with Gasteiger partial charge >= 0.3 is 0 Å². The number of para-hydroxylation sites is 4. The zero-order chi connectivity index (χ0) is 34.3. The second-order valence-electron chi connectivity index (χ2n) is 14.3. The molecule has 0 fully saturated rings. The first-order valence-corrected chi connectivity index (χ1v) is 17.4. The van der Waals surface area contributed by atoms with E-state index in [1.807, 2.05) is 24.4 Å². The van der Waals surface area contributed by atoms with Crippen molar-refractivity contribution < 1.29 is 4.42 Å². The van der Waals surface area contributed by atoms with Crippen molar-refractivity contribution >= 4 is 54.8 Å². The Labute approximate surface area is 294 Å². The Morgan fingerprint density at radius 3 is 2.16 bits per heavy atom. The van der Waals surface area contributed by atoms with Crippen LogP contribution in [0.4, 0.5) is 0 Å². The van der Waals surface area contributed by atoms with Crippen molar-refractivity contribution in [2.24, 2.45) is 0 Å². The summed E-state index contributed by atoms with van der Waals surface area (Å²) in [5.74, 6) is 0.940. The van der Waals surface area contributed by atoms with Crippen molar-refractivity contribution in [3.63, 3.8) is 0 Å². The van der Waals surface area contributed by atoms with E-state index in [0.29, 0.717) is 0 Å². The summed E-state index contributed by atoms with van der Waals surface area (Å²) in [5, 5.41) is 4.56. The van der Waals surface area contributed by atoms with Gasteiger partial charge in [0.1, 0.15) is 17.1 Å². The molecule has 0 aliphatic carbocycles. The maximum absolute atomic E-state index is 6.48. The fraction of sp³-hybridized carbons (Fsp3) is 0.0870. The van der Waals surface area contributed by atoms with Crippen LogP contribution in [0, 0.1) is 0 Å². The van der Waals surface area contributed by atoms with Crippen LogP contribution in [-0.4, -0.2) is 19.5 Å². The lowest BCUT2D eigenvalue weighted by Gasteiger charge is -2.25. The van der Waals surface area contributed by atoms with Crippen molar-refractivity contribution in [3.05, 3.63) is 146 Å². The lowest BCUT2D eigenvalue weighted by atomic mass is 9.94. The van der Waals surface area contributed by atoms with Gasteiger partial charge in [-0.1, -0.05) is 91.0 Å². The molecule has 0 saturated carbocycles. The molecule has 0 unspecified atom stereocenters. The number of fused-ring (bicyclic) bond motifs is 7. The maximum Gasteiger partial charge on any atom is 0.161 e. The predicted molar refractivity (Wildman–Crippen MR) is 211 cm³/mol. The summed E-state index contributed by atoms with van der Waals surface area (Å²) in [6.07, 6.45) is 1.89. The molecule has 10 aromatic rings. The highest BCUT2D eigenvalue weighted by Gasteiger charge is 2.26. The molecule has 10 rings (SSSR count). The second-order valence-corrected chi connectivity index (χ2v) is 14.3. The summed E-state index contributed by atoms with van der Waals surface area (Å²) in [6.45, 7) is 6.76. The van der Waals surface area contributed by atoms with E-state index in [2.05, 4.69) is 152 Å². The van der Waals surface area contributed by atoms with Gasteiger partial charge in [0, 0.05) is 55.5 Å².